The molecule has 2 N–H and O–H groups in total. The predicted octanol–water partition coefficient (Wildman–Crippen LogP) is 6.53. The summed E-state index contributed by atoms with van der Waals surface area (Å²) >= 11 is 0. The van der Waals surface area contributed by atoms with E-state index in [9.17, 15) is 5.11 Å². The first-order valence-electron chi connectivity index (χ1n) is 15.7. The van der Waals surface area contributed by atoms with Crippen LogP contribution in [-0.2, 0) is 25.7 Å². The first kappa shape index (κ1) is 30.1. The number of benzene rings is 4. The Morgan fingerprint density at radius 1 is 0.783 bits per heavy atom. The van der Waals surface area contributed by atoms with E-state index in [1.165, 1.54) is 23.8 Å². The molecule has 9 heteroatoms. The highest BCUT2D eigenvalue weighted by Gasteiger charge is 2.35. The fourth-order valence-electron chi connectivity index (χ4n) is 7.14. The SMILES string of the molecule is COc1ccc2cc1Oc1ccc(cc1)CC1c3cc(c(OC)cc3CCN1C)Oc1c(OC)c(OC)c(O)c3c1C(C2)NCC3. The van der Waals surface area contributed by atoms with Gasteiger partial charge in [0.05, 0.1) is 28.4 Å². The number of fused-ring (bicyclic) bond motifs is 2. The number of nitrogens with one attached hydrogen (secondary N) is 1. The van der Waals surface area contributed by atoms with E-state index in [0.717, 1.165) is 41.8 Å². The third-order valence-corrected chi connectivity index (χ3v) is 9.52. The van der Waals surface area contributed by atoms with Crippen molar-refractivity contribution in [3.63, 3.8) is 0 Å². The van der Waals surface area contributed by atoms with Gasteiger partial charge in [0.1, 0.15) is 5.75 Å². The number of likely N-dealkylation sites (N-methyl/N-ethyl adjacent to an activating group) is 1. The van der Waals surface area contributed by atoms with Crippen molar-refractivity contribution in [2.24, 2.45) is 0 Å². The largest absolute Gasteiger partial charge is 0.504 e. The van der Waals surface area contributed by atoms with Crippen molar-refractivity contribution in [2.75, 3.05) is 48.6 Å². The fourth-order valence-corrected chi connectivity index (χ4v) is 7.14. The van der Waals surface area contributed by atoms with Crippen molar-refractivity contribution in [1.29, 1.82) is 0 Å². The third-order valence-electron chi connectivity index (χ3n) is 9.52. The molecule has 8 rings (SSSR count). The summed E-state index contributed by atoms with van der Waals surface area (Å²) in [5, 5.41) is 15.1. The van der Waals surface area contributed by atoms with E-state index in [4.69, 9.17) is 28.4 Å². The molecule has 46 heavy (non-hydrogen) atoms. The molecule has 4 aromatic carbocycles. The Hall–Kier alpha value is -4.60. The van der Waals surface area contributed by atoms with Gasteiger partial charge in [-0.05, 0) is 97.9 Å². The molecule has 0 aromatic heterocycles. The molecule has 2 atom stereocenters. The van der Waals surface area contributed by atoms with Crippen LogP contribution in [0, 0.1) is 0 Å². The summed E-state index contributed by atoms with van der Waals surface area (Å²) < 4.78 is 36.5. The zero-order valence-electron chi connectivity index (χ0n) is 26.9. The molecule has 0 radical (unpaired) electrons. The van der Waals surface area contributed by atoms with E-state index < -0.39 is 0 Å². The van der Waals surface area contributed by atoms with Gasteiger partial charge in [0, 0.05) is 29.8 Å². The van der Waals surface area contributed by atoms with E-state index >= 15 is 0 Å². The maximum atomic E-state index is 11.5. The van der Waals surface area contributed by atoms with Crippen LogP contribution in [0.3, 0.4) is 0 Å². The first-order valence-corrected chi connectivity index (χ1v) is 15.7. The molecule has 0 amide bonds. The van der Waals surface area contributed by atoms with E-state index in [1.807, 2.05) is 30.3 Å². The molecule has 6 bridgehead atoms. The topological polar surface area (TPSA) is 90.9 Å². The lowest BCUT2D eigenvalue weighted by Crippen LogP contribution is -2.33. The minimum Gasteiger partial charge on any atom is -0.504 e. The minimum atomic E-state index is -0.216. The summed E-state index contributed by atoms with van der Waals surface area (Å²) in [5.74, 6) is 4.37. The molecule has 4 aromatic rings. The van der Waals surface area contributed by atoms with Crippen LogP contribution in [0.15, 0.2) is 54.6 Å². The van der Waals surface area contributed by atoms with Crippen LogP contribution in [0.4, 0.5) is 0 Å². The lowest BCUT2D eigenvalue weighted by Gasteiger charge is -2.36. The van der Waals surface area contributed by atoms with Crippen molar-refractivity contribution in [2.45, 2.75) is 37.8 Å². The second-order valence-electron chi connectivity index (χ2n) is 12.1. The molecule has 4 aliphatic heterocycles. The van der Waals surface area contributed by atoms with E-state index in [1.54, 1.807) is 21.3 Å². The molecule has 0 fully saturated rings. The zero-order chi connectivity index (χ0) is 31.9. The maximum Gasteiger partial charge on any atom is 0.208 e. The normalized spacial score (nSPS) is 18.7. The van der Waals surface area contributed by atoms with Crippen LogP contribution in [0.25, 0.3) is 0 Å². The van der Waals surface area contributed by atoms with Gasteiger partial charge in [-0.2, -0.15) is 0 Å². The van der Waals surface area contributed by atoms with E-state index in [2.05, 4.69) is 41.5 Å². The molecule has 0 spiro atoms. The molecule has 9 nitrogen and oxygen atoms in total. The summed E-state index contributed by atoms with van der Waals surface area (Å²) in [6, 6.07) is 18.4. The van der Waals surface area contributed by atoms with Gasteiger partial charge in [0.15, 0.2) is 34.5 Å². The number of phenolic OH excluding ortho intramolecular Hbond substituents is 1. The van der Waals surface area contributed by atoms with Gasteiger partial charge in [-0.25, -0.2) is 0 Å². The van der Waals surface area contributed by atoms with Crippen molar-refractivity contribution in [3.8, 4) is 51.7 Å². The Balaban J connectivity index is 1.47. The number of hydrogen-bond donors (Lipinski definition) is 2. The van der Waals surface area contributed by atoms with Crippen LogP contribution in [0.5, 0.6) is 51.7 Å². The Bertz CT molecular complexity index is 1770. The predicted molar refractivity (Wildman–Crippen MR) is 175 cm³/mol. The van der Waals surface area contributed by atoms with Crippen molar-refractivity contribution < 1.29 is 33.5 Å². The highest BCUT2D eigenvalue weighted by molar-refractivity contribution is 5.69. The third kappa shape index (κ3) is 5.23. The summed E-state index contributed by atoms with van der Waals surface area (Å²) in [5.41, 5.74) is 6.25. The molecular formula is C37H40N2O7. The van der Waals surface area contributed by atoms with Gasteiger partial charge >= 0.3 is 0 Å². The summed E-state index contributed by atoms with van der Waals surface area (Å²) in [4.78, 5) is 2.39. The van der Waals surface area contributed by atoms with Gasteiger partial charge in [-0.1, -0.05) is 18.2 Å². The van der Waals surface area contributed by atoms with Crippen molar-refractivity contribution >= 4 is 0 Å². The van der Waals surface area contributed by atoms with E-state index in [0.29, 0.717) is 53.9 Å². The number of ether oxygens (including phenoxy) is 6. The number of rotatable bonds is 4. The smallest absolute Gasteiger partial charge is 0.208 e. The van der Waals surface area contributed by atoms with Crippen LogP contribution in [0.2, 0.25) is 0 Å². The second-order valence-corrected chi connectivity index (χ2v) is 12.1. The summed E-state index contributed by atoms with van der Waals surface area (Å²) in [7, 11) is 8.57. The number of hydrogen-bond acceptors (Lipinski definition) is 9. The fraction of sp³-hybridized carbons (Fsp3) is 0.351. The summed E-state index contributed by atoms with van der Waals surface area (Å²) in [6.45, 7) is 1.60. The maximum absolute atomic E-state index is 11.5. The lowest BCUT2D eigenvalue weighted by atomic mass is 9.87. The number of phenols is 1. The van der Waals surface area contributed by atoms with Crippen molar-refractivity contribution in [3.05, 3.63) is 88.0 Å². The van der Waals surface area contributed by atoms with Crippen LogP contribution < -0.4 is 33.7 Å². The summed E-state index contributed by atoms with van der Waals surface area (Å²) in [6.07, 6.45) is 2.90. The minimum absolute atomic E-state index is 0.0659. The van der Waals surface area contributed by atoms with Gasteiger partial charge < -0.3 is 38.8 Å². The van der Waals surface area contributed by atoms with Gasteiger partial charge in [-0.15, -0.1) is 0 Å². The molecule has 0 aliphatic carbocycles. The monoisotopic (exact) mass is 624 g/mol. The van der Waals surface area contributed by atoms with Crippen molar-refractivity contribution in [1.82, 2.24) is 10.2 Å². The average molecular weight is 625 g/mol. The second kappa shape index (κ2) is 12.3. The number of nitrogens with zero attached hydrogens (tertiary/aromatic N) is 1. The Morgan fingerprint density at radius 2 is 1.52 bits per heavy atom. The molecule has 0 saturated heterocycles. The highest BCUT2D eigenvalue weighted by atomic mass is 16.5. The van der Waals surface area contributed by atoms with Crippen LogP contribution >= 0.6 is 0 Å². The molecule has 2 unspecified atom stereocenters. The molecule has 240 valence electrons. The van der Waals surface area contributed by atoms with Gasteiger partial charge in [0.25, 0.3) is 0 Å². The molecule has 4 aliphatic rings. The molecular weight excluding hydrogens is 584 g/mol. The quantitative estimate of drug-likeness (QED) is 0.263. The lowest BCUT2D eigenvalue weighted by molar-refractivity contribution is 0.228. The Kier molecular flexibility index (Phi) is 8.04. The average Bonchev–Trinajstić information content (AvgIpc) is 3.07. The van der Waals surface area contributed by atoms with Crippen LogP contribution in [-0.4, -0.2) is 58.6 Å². The standard InChI is InChI=1S/C37H40N2O7/c1-39-15-13-23-19-30(42-3)32-20-26(23)28(39)17-21-6-9-24(10-7-21)45-31-18-22(8-11-29(31)41-2)16-27-33-25(12-14-38-27)34(40)36(43-4)37(44-5)35(33)46-32/h6-11,18-20,27-28,38,40H,12-17H2,1-5H3. The number of aromatic hydroxyl groups is 1. The Labute approximate surface area is 269 Å². The molecule has 0 saturated carbocycles. The zero-order valence-corrected chi connectivity index (χ0v) is 26.9. The highest BCUT2D eigenvalue weighted by Crippen LogP contribution is 2.55. The van der Waals surface area contributed by atoms with Gasteiger partial charge in [-0.3, -0.25) is 4.90 Å². The van der Waals surface area contributed by atoms with E-state index in [-0.39, 0.29) is 23.6 Å². The first-order chi connectivity index (χ1) is 22.4. The Morgan fingerprint density at radius 3 is 2.26 bits per heavy atom. The van der Waals surface area contributed by atoms with Crippen LogP contribution in [0.1, 0.15) is 45.5 Å². The molecule has 4 heterocycles. The van der Waals surface area contributed by atoms with Gasteiger partial charge in [0.2, 0.25) is 11.5 Å². The number of methoxy groups -OCH3 is 4.